The molecule has 1 atom stereocenters. The molecule has 2 amide bonds. The Morgan fingerprint density at radius 2 is 1.77 bits per heavy atom. The van der Waals surface area contributed by atoms with Gasteiger partial charge in [0.1, 0.15) is 5.37 Å². The number of thioether (sulfide) groups is 1. The lowest BCUT2D eigenvalue weighted by atomic mass is 10.1. The molecule has 0 aliphatic carbocycles. The number of hydrogen-bond donors (Lipinski definition) is 1. The first-order valence-corrected chi connectivity index (χ1v) is 11.2. The SMILES string of the molecule is CN(C)c1ccc(N2C(=O)CSC2c2cccc(NC(=O)c3ccc(Cl)cc3)c2)cc1. The number of nitrogens with zero attached hydrogens (tertiary/aromatic N) is 2. The van der Waals surface area contributed by atoms with Crippen LogP contribution in [0.25, 0.3) is 0 Å². The van der Waals surface area contributed by atoms with E-state index in [0.717, 1.165) is 16.9 Å². The van der Waals surface area contributed by atoms with E-state index in [1.54, 1.807) is 36.0 Å². The summed E-state index contributed by atoms with van der Waals surface area (Å²) in [5.74, 6) is 0.282. The molecule has 1 aliphatic rings. The van der Waals surface area contributed by atoms with Gasteiger partial charge in [-0.2, -0.15) is 0 Å². The van der Waals surface area contributed by atoms with E-state index in [-0.39, 0.29) is 17.2 Å². The van der Waals surface area contributed by atoms with Gasteiger partial charge in [-0.25, -0.2) is 0 Å². The first-order chi connectivity index (χ1) is 14.9. The topological polar surface area (TPSA) is 52.6 Å². The van der Waals surface area contributed by atoms with Crippen LogP contribution in [0.3, 0.4) is 0 Å². The largest absolute Gasteiger partial charge is 0.378 e. The van der Waals surface area contributed by atoms with E-state index < -0.39 is 0 Å². The molecule has 0 bridgehead atoms. The zero-order valence-corrected chi connectivity index (χ0v) is 18.8. The van der Waals surface area contributed by atoms with Crippen molar-refractivity contribution in [1.82, 2.24) is 0 Å². The molecule has 1 aliphatic heterocycles. The highest BCUT2D eigenvalue weighted by molar-refractivity contribution is 8.00. The van der Waals surface area contributed by atoms with Crippen LogP contribution in [0.4, 0.5) is 17.1 Å². The van der Waals surface area contributed by atoms with E-state index in [2.05, 4.69) is 5.32 Å². The minimum absolute atomic E-state index is 0.0724. The maximum absolute atomic E-state index is 12.7. The maximum Gasteiger partial charge on any atom is 0.255 e. The predicted octanol–water partition coefficient (Wildman–Crippen LogP) is 5.44. The lowest BCUT2D eigenvalue weighted by molar-refractivity contribution is -0.115. The molecular weight excluding hydrogens is 430 g/mol. The van der Waals surface area contributed by atoms with Crippen molar-refractivity contribution in [3.05, 3.63) is 88.9 Å². The summed E-state index contributed by atoms with van der Waals surface area (Å²) in [6.07, 6.45) is 0. The summed E-state index contributed by atoms with van der Waals surface area (Å²) >= 11 is 7.48. The fraction of sp³-hybridized carbons (Fsp3) is 0.167. The molecule has 0 spiro atoms. The van der Waals surface area contributed by atoms with Crippen LogP contribution < -0.4 is 15.1 Å². The number of rotatable bonds is 5. The molecule has 1 N–H and O–H groups in total. The minimum Gasteiger partial charge on any atom is -0.378 e. The average Bonchev–Trinajstić information content (AvgIpc) is 3.16. The summed E-state index contributed by atoms with van der Waals surface area (Å²) in [4.78, 5) is 29.1. The van der Waals surface area contributed by atoms with E-state index >= 15 is 0 Å². The first kappa shape index (κ1) is 21.3. The van der Waals surface area contributed by atoms with Crippen molar-refractivity contribution in [2.24, 2.45) is 0 Å². The summed E-state index contributed by atoms with van der Waals surface area (Å²) in [5.41, 5.74) is 4.11. The Morgan fingerprint density at radius 1 is 1.06 bits per heavy atom. The molecule has 3 aromatic carbocycles. The van der Waals surface area contributed by atoms with Gasteiger partial charge in [0.2, 0.25) is 5.91 Å². The number of anilines is 3. The molecule has 3 aromatic rings. The molecule has 5 nitrogen and oxygen atoms in total. The number of halogens is 1. The Bertz CT molecular complexity index is 1100. The van der Waals surface area contributed by atoms with E-state index in [4.69, 9.17) is 11.6 Å². The van der Waals surface area contributed by atoms with Crippen LogP contribution in [0.2, 0.25) is 5.02 Å². The third-order valence-corrected chi connectivity index (χ3v) is 6.51. The third kappa shape index (κ3) is 4.70. The van der Waals surface area contributed by atoms with Crippen LogP contribution in [-0.4, -0.2) is 31.7 Å². The zero-order chi connectivity index (χ0) is 22.0. The highest BCUT2D eigenvalue weighted by Gasteiger charge is 2.34. The molecule has 0 aromatic heterocycles. The summed E-state index contributed by atoms with van der Waals surface area (Å²) in [7, 11) is 3.97. The van der Waals surface area contributed by atoms with Crippen molar-refractivity contribution < 1.29 is 9.59 Å². The minimum atomic E-state index is -0.208. The molecule has 0 saturated carbocycles. The fourth-order valence-corrected chi connectivity index (χ4v) is 4.73. The second kappa shape index (κ2) is 9.04. The highest BCUT2D eigenvalue weighted by Crippen LogP contribution is 2.42. The Hall–Kier alpha value is -2.96. The summed E-state index contributed by atoms with van der Waals surface area (Å²) in [6.45, 7) is 0. The van der Waals surface area contributed by atoms with Gasteiger partial charge >= 0.3 is 0 Å². The summed E-state index contributed by atoms with van der Waals surface area (Å²) < 4.78 is 0. The molecule has 4 rings (SSSR count). The third-order valence-electron chi connectivity index (χ3n) is 5.05. The lowest BCUT2D eigenvalue weighted by Crippen LogP contribution is -2.27. The van der Waals surface area contributed by atoms with Crippen LogP contribution in [0.5, 0.6) is 0 Å². The molecule has 0 radical (unpaired) electrons. The van der Waals surface area contributed by atoms with Crippen LogP contribution in [-0.2, 0) is 4.79 Å². The van der Waals surface area contributed by atoms with Crippen molar-refractivity contribution in [3.63, 3.8) is 0 Å². The average molecular weight is 452 g/mol. The monoisotopic (exact) mass is 451 g/mol. The van der Waals surface area contributed by atoms with Crippen LogP contribution in [0, 0.1) is 0 Å². The molecule has 7 heteroatoms. The van der Waals surface area contributed by atoms with Crippen molar-refractivity contribution in [1.29, 1.82) is 0 Å². The number of carbonyl (C=O) groups excluding carboxylic acids is 2. The summed E-state index contributed by atoms with van der Waals surface area (Å²) in [5, 5.41) is 3.36. The number of hydrogen-bond acceptors (Lipinski definition) is 4. The molecule has 158 valence electrons. The molecule has 31 heavy (non-hydrogen) atoms. The normalized spacial score (nSPS) is 15.8. The number of benzene rings is 3. The number of carbonyl (C=O) groups is 2. The van der Waals surface area contributed by atoms with Gasteiger partial charge in [0.05, 0.1) is 5.75 Å². The van der Waals surface area contributed by atoms with Crippen molar-refractivity contribution in [3.8, 4) is 0 Å². The molecule has 1 fully saturated rings. The second-order valence-corrected chi connectivity index (χ2v) is 8.93. The van der Waals surface area contributed by atoms with E-state index in [1.165, 1.54) is 0 Å². The number of nitrogens with one attached hydrogen (secondary N) is 1. The predicted molar refractivity (Wildman–Crippen MR) is 129 cm³/mol. The molecule has 1 saturated heterocycles. The van der Waals surface area contributed by atoms with E-state index in [1.807, 2.05) is 72.4 Å². The van der Waals surface area contributed by atoms with Gasteiger partial charge in [-0.3, -0.25) is 14.5 Å². The van der Waals surface area contributed by atoms with Gasteiger partial charge in [0, 0.05) is 41.7 Å². The van der Waals surface area contributed by atoms with Crippen LogP contribution in [0.1, 0.15) is 21.3 Å². The van der Waals surface area contributed by atoms with Gasteiger partial charge < -0.3 is 10.2 Å². The van der Waals surface area contributed by atoms with Crippen LogP contribution in [0.15, 0.2) is 72.8 Å². The maximum atomic E-state index is 12.7. The number of amides is 2. The Morgan fingerprint density at radius 3 is 2.45 bits per heavy atom. The van der Waals surface area contributed by atoms with Crippen molar-refractivity contribution >= 4 is 52.2 Å². The quantitative estimate of drug-likeness (QED) is 0.561. The summed E-state index contributed by atoms with van der Waals surface area (Å²) in [6, 6.07) is 22.3. The van der Waals surface area contributed by atoms with Gasteiger partial charge in [0.25, 0.3) is 5.91 Å². The van der Waals surface area contributed by atoms with Gasteiger partial charge in [-0.15, -0.1) is 11.8 Å². The first-order valence-electron chi connectivity index (χ1n) is 9.80. The van der Waals surface area contributed by atoms with Gasteiger partial charge in [-0.05, 0) is 66.2 Å². The molecule has 1 unspecified atom stereocenters. The lowest BCUT2D eigenvalue weighted by Gasteiger charge is -2.25. The Labute approximate surface area is 191 Å². The Kier molecular flexibility index (Phi) is 6.20. The van der Waals surface area contributed by atoms with E-state index in [0.29, 0.717) is 22.0 Å². The van der Waals surface area contributed by atoms with Crippen LogP contribution >= 0.6 is 23.4 Å². The molecule has 1 heterocycles. The van der Waals surface area contributed by atoms with Crippen molar-refractivity contribution in [2.75, 3.05) is 35.0 Å². The van der Waals surface area contributed by atoms with Gasteiger partial charge in [-0.1, -0.05) is 23.7 Å². The van der Waals surface area contributed by atoms with Crippen molar-refractivity contribution in [2.45, 2.75) is 5.37 Å². The van der Waals surface area contributed by atoms with E-state index in [9.17, 15) is 9.59 Å². The Balaban J connectivity index is 1.56. The molecular formula is C24H22ClN3O2S. The standard InChI is InChI=1S/C24H22ClN3O2S/c1-27(2)20-10-12-21(13-11-20)28-22(29)15-31-24(28)17-4-3-5-19(14-17)26-23(30)16-6-8-18(25)9-7-16/h3-14,24H,15H2,1-2H3,(H,26,30). The highest BCUT2D eigenvalue weighted by atomic mass is 35.5. The smallest absolute Gasteiger partial charge is 0.255 e. The fourth-order valence-electron chi connectivity index (χ4n) is 3.44. The second-order valence-electron chi connectivity index (χ2n) is 7.42. The zero-order valence-electron chi connectivity index (χ0n) is 17.2. The van der Waals surface area contributed by atoms with Gasteiger partial charge in [0.15, 0.2) is 0 Å².